The number of benzene rings is 3. The second-order valence-electron chi connectivity index (χ2n) is 9.49. The summed E-state index contributed by atoms with van der Waals surface area (Å²) in [6.45, 7) is 2.44. The maximum absolute atomic E-state index is 6.78. The van der Waals surface area contributed by atoms with Gasteiger partial charge in [0.05, 0.1) is 39.1 Å². The van der Waals surface area contributed by atoms with Crippen LogP contribution >= 0.6 is 22.6 Å². The molecule has 2 heterocycles. The normalized spacial score (nSPS) is 27.6. The van der Waals surface area contributed by atoms with Gasteiger partial charge in [-0.2, -0.15) is 0 Å². The van der Waals surface area contributed by atoms with Crippen molar-refractivity contribution in [3.05, 3.63) is 108 Å². The molecule has 0 N–H and O–H groups in total. The van der Waals surface area contributed by atoms with Crippen LogP contribution in [0.2, 0.25) is 0 Å². The lowest BCUT2D eigenvalue weighted by molar-refractivity contribution is -0.120. The summed E-state index contributed by atoms with van der Waals surface area (Å²) in [4.78, 5) is 0. The molecule has 1 unspecified atom stereocenters. The van der Waals surface area contributed by atoms with Gasteiger partial charge in [0.25, 0.3) is 0 Å². The lowest BCUT2D eigenvalue weighted by Gasteiger charge is -2.30. The Balaban J connectivity index is 1.35. The minimum Gasteiger partial charge on any atom is -0.374 e. The molecule has 5 nitrogen and oxygen atoms in total. The summed E-state index contributed by atoms with van der Waals surface area (Å²) in [5.74, 6) is 0. The van der Waals surface area contributed by atoms with E-state index in [4.69, 9.17) is 23.7 Å². The van der Waals surface area contributed by atoms with Gasteiger partial charge in [0, 0.05) is 10.8 Å². The predicted molar refractivity (Wildman–Crippen MR) is 147 cm³/mol. The standard InChI is InChI=1S/C30H33IO5/c31-17-26-16-30(22-35-26)29(34-20-25-14-8-3-9-15-25)28(33-19-24-12-6-2-7-13-24)27(36-30)21-32-18-23-10-4-1-5-11-23/h1-15,26-29H,16-22H2/t26?,27-,28-,29+,30+/m1/s1. The fourth-order valence-electron chi connectivity index (χ4n) is 5.04. The Bertz CT molecular complexity index is 1050. The molecule has 2 saturated heterocycles. The van der Waals surface area contributed by atoms with Gasteiger partial charge in [-0.15, -0.1) is 0 Å². The summed E-state index contributed by atoms with van der Waals surface area (Å²) in [6, 6.07) is 30.7. The van der Waals surface area contributed by atoms with E-state index in [0.717, 1.165) is 27.5 Å². The van der Waals surface area contributed by atoms with Crippen molar-refractivity contribution in [1.82, 2.24) is 0 Å². The molecule has 2 fully saturated rings. The second kappa shape index (κ2) is 12.6. The van der Waals surface area contributed by atoms with Gasteiger partial charge in [0.15, 0.2) is 0 Å². The van der Waals surface area contributed by atoms with Crippen LogP contribution in [0.4, 0.5) is 0 Å². The monoisotopic (exact) mass is 600 g/mol. The molecule has 2 aliphatic heterocycles. The van der Waals surface area contributed by atoms with E-state index >= 15 is 0 Å². The highest BCUT2D eigenvalue weighted by atomic mass is 127. The van der Waals surface area contributed by atoms with Gasteiger partial charge in [-0.1, -0.05) is 114 Å². The van der Waals surface area contributed by atoms with E-state index in [1.807, 2.05) is 54.6 Å². The first-order chi connectivity index (χ1) is 17.8. The third-order valence-electron chi connectivity index (χ3n) is 6.83. The molecule has 3 aromatic rings. The van der Waals surface area contributed by atoms with Crippen molar-refractivity contribution in [3.8, 4) is 0 Å². The number of alkyl halides is 1. The molecular formula is C30H33IO5. The first-order valence-corrected chi connectivity index (χ1v) is 14.1. The van der Waals surface area contributed by atoms with Crippen molar-refractivity contribution < 1.29 is 23.7 Å². The molecule has 3 aromatic carbocycles. The Morgan fingerprint density at radius 1 is 0.750 bits per heavy atom. The number of ether oxygens (including phenoxy) is 5. The third kappa shape index (κ3) is 6.36. The Morgan fingerprint density at radius 3 is 1.86 bits per heavy atom. The van der Waals surface area contributed by atoms with Crippen LogP contribution in [0.15, 0.2) is 91.0 Å². The third-order valence-corrected chi connectivity index (χ3v) is 7.81. The minimum absolute atomic E-state index is 0.146. The molecule has 0 aromatic heterocycles. The van der Waals surface area contributed by atoms with Gasteiger partial charge in [-0.3, -0.25) is 0 Å². The van der Waals surface area contributed by atoms with Gasteiger partial charge in [0.1, 0.15) is 23.9 Å². The van der Waals surface area contributed by atoms with Crippen LogP contribution in [0.1, 0.15) is 23.1 Å². The zero-order valence-corrected chi connectivity index (χ0v) is 22.5. The smallest absolute Gasteiger partial charge is 0.123 e. The summed E-state index contributed by atoms with van der Waals surface area (Å²) in [5, 5.41) is 0. The molecule has 5 rings (SSSR count). The zero-order chi connectivity index (χ0) is 24.6. The summed E-state index contributed by atoms with van der Waals surface area (Å²) in [7, 11) is 0. The Hall–Kier alpha value is -1.81. The van der Waals surface area contributed by atoms with Crippen molar-refractivity contribution in [3.63, 3.8) is 0 Å². The molecule has 2 aliphatic rings. The molecule has 36 heavy (non-hydrogen) atoms. The zero-order valence-electron chi connectivity index (χ0n) is 20.3. The minimum atomic E-state index is -0.549. The molecule has 5 atom stereocenters. The fourth-order valence-corrected chi connectivity index (χ4v) is 5.60. The number of halogens is 1. The lowest BCUT2D eigenvalue weighted by atomic mass is 9.91. The maximum atomic E-state index is 6.78. The van der Waals surface area contributed by atoms with E-state index in [2.05, 4.69) is 59.0 Å². The molecular weight excluding hydrogens is 567 g/mol. The number of hydrogen-bond donors (Lipinski definition) is 0. The summed E-state index contributed by atoms with van der Waals surface area (Å²) in [6.07, 6.45) is 0.137. The van der Waals surface area contributed by atoms with Crippen LogP contribution in [-0.2, 0) is 43.5 Å². The molecule has 1 spiro atoms. The van der Waals surface area contributed by atoms with Crippen LogP contribution in [-0.4, -0.2) is 47.7 Å². The molecule has 0 aliphatic carbocycles. The van der Waals surface area contributed by atoms with E-state index in [9.17, 15) is 0 Å². The largest absolute Gasteiger partial charge is 0.374 e. The topological polar surface area (TPSA) is 46.2 Å². The highest BCUT2D eigenvalue weighted by molar-refractivity contribution is 14.1. The summed E-state index contributed by atoms with van der Waals surface area (Å²) < 4.78 is 33.2. The van der Waals surface area contributed by atoms with Crippen molar-refractivity contribution in [2.45, 2.75) is 56.3 Å². The summed E-state index contributed by atoms with van der Waals surface area (Å²) >= 11 is 2.38. The van der Waals surface area contributed by atoms with E-state index in [0.29, 0.717) is 33.0 Å². The molecule has 0 saturated carbocycles. The molecule has 0 radical (unpaired) electrons. The number of hydrogen-bond acceptors (Lipinski definition) is 5. The van der Waals surface area contributed by atoms with Crippen LogP contribution in [0.5, 0.6) is 0 Å². The van der Waals surface area contributed by atoms with E-state index in [-0.39, 0.29) is 24.4 Å². The van der Waals surface area contributed by atoms with Crippen LogP contribution in [0.25, 0.3) is 0 Å². The van der Waals surface area contributed by atoms with Gasteiger partial charge in [-0.25, -0.2) is 0 Å². The van der Waals surface area contributed by atoms with Crippen LogP contribution in [0.3, 0.4) is 0 Å². The highest BCUT2D eigenvalue weighted by Gasteiger charge is 2.60. The second-order valence-corrected chi connectivity index (χ2v) is 10.4. The summed E-state index contributed by atoms with van der Waals surface area (Å²) in [5.41, 5.74) is 2.84. The van der Waals surface area contributed by atoms with E-state index in [1.54, 1.807) is 0 Å². The quantitative estimate of drug-likeness (QED) is 0.208. The van der Waals surface area contributed by atoms with Gasteiger partial charge >= 0.3 is 0 Å². The van der Waals surface area contributed by atoms with Crippen LogP contribution < -0.4 is 0 Å². The highest BCUT2D eigenvalue weighted by Crippen LogP contribution is 2.44. The van der Waals surface area contributed by atoms with E-state index in [1.165, 1.54) is 0 Å². The predicted octanol–water partition coefficient (Wildman–Crippen LogP) is 5.74. The Kier molecular flexibility index (Phi) is 9.06. The fraction of sp³-hybridized carbons (Fsp3) is 0.400. The SMILES string of the molecule is ICC1C[C@@]2(CO1)O[C@H](COCc1ccccc1)[C@@H](OCc1ccccc1)[C@@H]2OCc1ccccc1. The van der Waals surface area contributed by atoms with Crippen molar-refractivity contribution in [1.29, 1.82) is 0 Å². The van der Waals surface area contributed by atoms with Gasteiger partial charge in [0.2, 0.25) is 0 Å². The molecule has 0 amide bonds. The Labute approximate surface area is 227 Å². The molecule has 6 heteroatoms. The van der Waals surface area contributed by atoms with Crippen molar-refractivity contribution >= 4 is 22.6 Å². The van der Waals surface area contributed by atoms with Gasteiger partial charge in [-0.05, 0) is 16.7 Å². The van der Waals surface area contributed by atoms with Gasteiger partial charge < -0.3 is 23.7 Å². The number of rotatable bonds is 11. The van der Waals surface area contributed by atoms with E-state index < -0.39 is 5.60 Å². The lowest BCUT2D eigenvalue weighted by Crippen LogP contribution is -2.46. The first-order valence-electron chi connectivity index (χ1n) is 12.5. The Morgan fingerprint density at radius 2 is 1.31 bits per heavy atom. The molecule has 190 valence electrons. The average molecular weight is 600 g/mol. The molecule has 0 bridgehead atoms. The van der Waals surface area contributed by atoms with Crippen LogP contribution in [0, 0.1) is 0 Å². The average Bonchev–Trinajstić information content (AvgIpc) is 3.48. The van der Waals surface area contributed by atoms with Crippen molar-refractivity contribution in [2.24, 2.45) is 0 Å². The first kappa shape index (κ1) is 25.8. The maximum Gasteiger partial charge on any atom is 0.123 e. The van der Waals surface area contributed by atoms with Crippen molar-refractivity contribution in [2.75, 3.05) is 17.6 Å².